The van der Waals surface area contributed by atoms with Crippen LogP contribution in [0.2, 0.25) is 0 Å². The fourth-order valence-corrected chi connectivity index (χ4v) is 2.29. The van der Waals surface area contributed by atoms with Gasteiger partial charge >= 0.3 is 0 Å². The lowest BCUT2D eigenvalue weighted by molar-refractivity contribution is 0.387. The Morgan fingerprint density at radius 2 is 2.00 bits per heavy atom. The van der Waals surface area contributed by atoms with Gasteiger partial charge < -0.3 is 10.1 Å². The topological polar surface area (TPSA) is 34.1 Å². The van der Waals surface area contributed by atoms with E-state index in [1.54, 1.807) is 12.1 Å². The summed E-state index contributed by atoms with van der Waals surface area (Å²) >= 11 is 0. The molecule has 1 N–H and O–H groups in total. The van der Waals surface area contributed by atoms with Crippen molar-refractivity contribution >= 4 is 16.5 Å². The molecule has 1 heterocycles. The van der Waals surface area contributed by atoms with Crippen LogP contribution in [0, 0.1) is 5.82 Å². The highest BCUT2D eigenvalue weighted by atomic mass is 19.1. The first-order chi connectivity index (χ1) is 10.3. The molecule has 0 radical (unpaired) electrons. The van der Waals surface area contributed by atoms with Crippen LogP contribution >= 0.6 is 0 Å². The second kappa shape index (κ2) is 5.79. The highest BCUT2D eigenvalue weighted by Gasteiger charge is 2.05. The second-order valence-electron chi connectivity index (χ2n) is 4.72. The smallest absolute Gasteiger partial charge is 0.165 e. The fourth-order valence-electron chi connectivity index (χ4n) is 2.29. The van der Waals surface area contributed by atoms with E-state index in [-0.39, 0.29) is 11.6 Å². The molecule has 0 amide bonds. The summed E-state index contributed by atoms with van der Waals surface area (Å²) in [6, 6.07) is 12.8. The van der Waals surface area contributed by atoms with E-state index in [0.29, 0.717) is 6.54 Å². The molecule has 4 heteroatoms. The summed E-state index contributed by atoms with van der Waals surface area (Å²) in [5.41, 5.74) is 1.90. The number of hydrogen-bond donors (Lipinski definition) is 1. The molecule has 2 aromatic carbocycles. The number of anilines is 1. The molecule has 0 aliphatic rings. The SMILES string of the molecule is COc1cc(NCc2cncc3ccccc23)ccc1F. The molecule has 0 fully saturated rings. The molecule has 0 aliphatic heterocycles. The Bertz CT molecular complexity index is 768. The summed E-state index contributed by atoms with van der Waals surface area (Å²) in [5, 5.41) is 5.53. The quantitative estimate of drug-likeness (QED) is 0.785. The van der Waals surface area contributed by atoms with E-state index < -0.39 is 0 Å². The molecule has 21 heavy (non-hydrogen) atoms. The van der Waals surface area contributed by atoms with Crippen LogP contribution in [0.4, 0.5) is 10.1 Å². The van der Waals surface area contributed by atoms with E-state index in [9.17, 15) is 4.39 Å². The first kappa shape index (κ1) is 13.4. The van der Waals surface area contributed by atoms with Gasteiger partial charge in [0, 0.05) is 36.1 Å². The lowest BCUT2D eigenvalue weighted by Gasteiger charge is -2.10. The molecule has 0 bridgehead atoms. The molecule has 0 unspecified atom stereocenters. The zero-order valence-electron chi connectivity index (χ0n) is 11.6. The van der Waals surface area contributed by atoms with Crippen LogP contribution in [-0.4, -0.2) is 12.1 Å². The second-order valence-corrected chi connectivity index (χ2v) is 4.72. The van der Waals surface area contributed by atoms with E-state index in [1.807, 2.05) is 30.6 Å². The summed E-state index contributed by atoms with van der Waals surface area (Å²) in [6.45, 7) is 0.614. The number of benzene rings is 2. The van der Waals surface area contributed by atoms with Crippen molar-refractivity contribution in [3.8, 4) is 5.75 Å². The predicted octanol–water partition coefficient (Wildman–Crippen LogP) is 3.99. The molecular weight excluding hydrogens is 267 g/mol. The van der Waals surface area contributed by atoms with E-state index in [1.165, 1.54) is 13.2 Å². The third kappa shape index (κ3) is 2.79. The normalized spacial score (nSPS) is 10.6. The molecular formula is C17H15FN2O. The standard InChI is InChI=1S/C17H15FN2O/c1-21-17-8-14(6-7-16(17)18)20-11-13-10-19-9-12-4-2-3-5-15(12)13/h2-10,20H,11H2,1H3. The lowest BCUT2D eigenvalue weighted by atomic mass is 10.1. The highest BCUT2D eigenvalue weighted by Crippen LogP contribution is 2.23. The number of halogens is 1. The Kier molecular flexibility index (Phi) is 3.69. The number of aromatic nitrogens is 1. The summed E-state index contributed by atoms with van der Waals surface area (Å²) in [5.74, 6) is -0.133. The van der Waals surface area contributed by atoms with E-state index >= 15 is 0 Å². The molecule has 106 valence electrons. The summed E-state index contributed by atoms with van der Waals surface area (Å²) in [6.07, 6.45) is 3.69. The van der Waals surface area contributed by atoms with Gasteiger partial charge in [0.2, 0.25) is 0 Å². The van der Waals surface area contributed by atoms with Crippen LogP contribution in [-0.2, 0) is 6.54 Å². The van der Waals surface area contributed by atoms with Gasteiger partial charge in [-0.15, -0.1) is 0 Å². The molecule has 0 spiro atoms. The van der Waals surface area contributed by atoms with E-state index in [2.05, 4.69) is 16.4 Å². The number of pyridine rings is 1. The summed E-state index contributed by atoms with van der Waals surface area (Å²) in [4.78, 5) is 4.25. The minimum atomic E-state index is -0.366. The number of nitrogens with zero attached hydrogens (tertiary/aromatic N) is 1. The predicted molar refractivity (Wildman–Crippen MR) is 82.0 cm³/mol. The van der Waals surface area contributed by atoms with Crippen LogP contribution in [0.5, 0.6) is 5.75 Å². The van der Waals surface area contributed by atoms with Crippen molar-refractivity contribution in [1.29, 1.82) is 0 Å². The van der Waals surface area contributed by atoms with Crippen molar-refractivity contribution in [1.82, 2.24) is 4.98 Å². The van der Waals surface area contributed by atoms with Crippen molar-refractivity contribution < 1.29 is 9.13 Å². The maximum atomic E-state index is 13.4. The monoisotopic (exact) mass is 282 g/mol. The maximum absolute atomic E-state index is 13.4. The van der Waals surface area contributed by atoms with Gasteiger partial charge in [-0.05, 0) is 23.1 Å². The van der Waals surface area contributed by atoms with Gasteiger partial charge in [-0.2, -0.15) is 0 Å². The molecule has 0 saturated carbocycles. The third-order valence-corrected chi connectivity index (χ3v) is 3.38. The number of rotatable bonds is 4. The molecule has 1 aromatic heterocycles. The molecule has 3 aromatic rings. The molecule has 0 atom stereocenters. The number of methoxy groups -OCH3 is 1. The van der Waals surface area contributed by atoms with Crippen molar-refractivity contribution in [2.45, 2.75) is 6.54 Å². The minimum absolute atomic E-state index is 0.232. The average Bonchev–Trinajstić information content (AvgIpc) is 2.54. The minimum Gasteiger partial charge on any atom is -0.494 e. The number of hydrogen-bond acceptors (Lipinski definition) is 3. The van der Waals surface area contributed by atoms with E-state index in [4.69, 9.17) is 4.74 Å². The Balaban J connectivity index is 1.83. The Labute approximate surface area is 122 Å². The summed E-state index contributed by atoms with van der Waals surface area (Å²) < 4.78 is 18.4. The average molecular weight is 282 g/mol. The fraction of sp³-hybridized carbons (Fsp3) is 0.118. The Morgan fingerprint density at radius 3 is 2.86 bits per heavy atom. The molecule has 3 nitrogen and oxygen atoms in total. The first-order valence-electron chi connectivity index (χ1n) is 6.67. The van der Waals surface area contributed by atoms with Crippen LogP contribution < -0.4 is 10.1 Å². The molecule has 0 saturated heterocycles. The van der Waals surface area contributed by atoms with Gasteiger partial charge in [-0.3, -0.25) is 4.98 Å². The molecule has 3 rings (SSSR count). The van der Waals surface area contributed by atoms with Crippen LogP contribution in [0.1, 0.15) is 5.56 Å². The highest BCUT2D eigenvalue weighted by molar-refractivity contribution is 5.84. The third-order valence-electron chi connectivity index (χ3n) is 3.38. The largest absolute Gasteiger partial charge is 0.494 e. The van der Waals surface area contributed by atoms with Crippen molar-refractivity contribution in [2.75, 3.05) is 12.4 Å². The van der Waals surface area contributed by atoms with Gasteiger partial charge in [-0.1, -0.05) is 24.3 Å². The maximum Gasteiger partial charge on any atom is 0.165 e. The Hall–Kier alpha value is -2.62. The van der Waals surface area contributed by atoms with Gasteiger partial charge in [-0.25, -0.2) is 4.39 Å². The van der Waals surface area contributed by atoms with Gasteiger partial charge in [0.15, 0.2) is 11.6 Å². The van der Waals surface area contributed by atoms with E-state index in [0.717, 1.165) is 22.0 Å². The Morgan fingerprint density at radius 1 is 1.14 bits per heavy atom. The van der Waals surface area contributed by atoms with Crippen molar-refractivity contribution in [3.63, 3.8) is 0 Å². The van der Waals surface area contributed by atoms with Gasteiger partial charge in [0.25, 0.3) is 0 Å². The van der Waals surface area contributed by atoms with Crippen LogP contribution in [0.25, 0.3) is 10.8 Å². The summed E-state index contributed by atoms with van der Waals surface area (Å²) in [7, 11) is 1.46. The van der Waals surface area contributed by atoms with Gasteiger partial charge in [0.05, 0.1) is 7.11 Å². The number of fused-ring (bicyclic) bond motifs is 1. The lowest BCUT2D eigenvalue weighted by Crippen LogP contribution is -2.01. The van der Waals surface area contributed by atoms with Crippen LogP contribution in [0.15, 0.2) is 54.9 Å². The van der Waals surface area contributed by atoms with Crippen molar-refractivity contribution in [2.24, 2.45) is 0 Å². The molecule has 0 aliphatic carbocycles. The first-order valence-corrected chi connectivity index (χ1v) is 6.67. The van der Waals surface area contributed by atoms with Gasteiger partial charge in [0.1, 0.15) is 0 Å². The number of ether oxygens (including phenoxy) is 1. The zero-order valence-corrected chi connectivity index (χ0v) is 11.6. The number of nitrogens with one attached hydrogen (secondary N) is 1. The van der Waals surface area contributed by atoms with Crippen LogP contribution in [0.3, 0.4) is 0 Å². The van der Waals surface area contributed by atoms with Crippen molar-refractivity contribution in [3.05, 3.63) is 66.2 Å². The zero-order chi connectivity index (χ0) is 14.7.